The first-order valence-electron chi connectivity index (χ1n) is 6.62. The molecule has 1 aliphatic rings. The molecular formula is C14H18O9. The average molecular weight is 330 g/mol. The molecular weight excluding hydrogens is 312 g/mol. The molecule has 0 aromatic heterocycles. The van der Waals surface area contributed by atoms with Gasteiger partial charge in [0, 0.05) is 20.8 Å². The molecule has 0 spiro atoms. The van der Waals surface area contributed by atoms with Crippen LogP contribution >= 0.6 is 0 Å². The first kappa shape index (κ1) is 18.5. The van der Waals surface area contributed by atoms with Crippen LogP contribution < -0.4 is 0 Å². The summed E-state index contributed by atoms with van der Waals surface area (Å²) in [7, 11) is 1.11. The SMILES string of the molecule is C=C1O[C@H](C(=O)OC)[C@@H](OC(C)=O)[C@H](OC(C)=O)[C@H]1OC(C)=O. The third-order valence-corrected chi connectivity index (χ3v) is 2.85. The summed E-state index contributed by atoms with van der Waals surface area (Å²) >= 11 is 0. The predicted octanol–water partition coefficient (Wildman–Crippen LogP) is -0.133. The molecule has 128 valence electrons. The molecule has 9 nitrogen and oxygen atoms in total. The third kappa shape index (κ3) is 4.70. The highest BCUT2D eigenvalue weighted by Gasteiger charge is 2.52. The summed E-state index contributed by atoms with van der Waals surface area (Å²) in [6.07, 6.45) is -5.31. The average Bonchev–Trinajstić information content (AvgIpc) is 2.43. The van der Waals surface area contributed by atoms with E-state index in [4.69, 9.17) is 18.9 Å². The van der Waals surface area contributed by atoms with Crippen LogP contribution in [0.5, 0.6) is 0 Å². The van der Waals surface area contributed by atoms with Gasteiger partial charge in [0.05, 0.1) is 7.11 Å². The molecule has 1 heterocycles. The predicted molar refractivity (Wildman–Crippen MR) is 72.7 cm³/mol. The number of rotatable bonds is 4. The van der Waals surface area contributed by atoms with Crippen LogP contribution in [0.1, 0.15) is 20.8 Å². The van der Waals surface area contributed by atoms with Crippen molar-refractivity contribution in [3.05, 3.63) is 12.3 Å². The Hall–Kier alpha value is -2.58. The summed E-state index contributed by atoms with van der Waals surface area (Å²) in [4.78, 5) is 45.7. The molecule has 1 fully saturated rings. The molecule has 1 rings (SSSR count). The van der Waals surface area contributed by atoms with Crippen molar-refractivity contribution in [2.24, 2.45) is 0 Å². The summed E-state index contributed by atoms with van der Waals surface area (Å²) in [5, 5.41) is 0. The number of carbonyl (C=O) groups is 4. The van der Waals surface area contributed by atoms with Gasteiger partial charge in [-0.3, -0.25) is 14.4 Å². The Labute approximate surface area is 132 Å². The van der Waals surface area contributed by atoms with Crippen LogP contribution in [0.2, 0.25) is 0 Å². The Kier molecular flexibility index (Phi) is 6.11. The van der Waals surface area contributed by atoms with Crippen LogP contribution in [-0.4, -0.2) is 55.4 Å². The van der Waals surface area contributed by atoms with E-state index in [9.17, 15) is 19.2 Å². The van der Waals surface area contributed by atoms with Crippen LogP contribution in [-0.2, 0) is 42.9 Å². The minimum Gasteiger partial charge on any atom is -0.475 e. The molecule has 0 unspecified atom stereocenters. The Balaban J connectivity index is 3.24. The molecule has 1 saturated heterocycles. The maximum atomic E-state index is 11.8. The molecule has 4 atom stereocenters. The first-order valence-corrected chi connectivity index (χ1v) is 6.62. The highest BCUT2D eigenvalue weighted by molar-refractivity contribution is 5.77. The molecule has 0 N–H and O–H groups in total. The lowest BCUT2D eigenvalue weighted by molar-refractivity contribution is -0.215. The van der Waals surface area contributed by atoms with Crippen molar-refractivity contribution in [1.82, 2.24) is 0 Å². The highest BCUT2D eigenvalue weighted by atomic mass is 16.7. The minimum atomic E-state index is -1.41. The normalized spacial score (nSPS) is 26.5. The fourth-order valence-corrected chi connectivity index (χ4v) is 2.08. The zero-order valence-corrected chi connectivity index (χ0v) is 13.2. The third-order valence-electron chi connectivity index (χ3n) is 2.85. The molecule has 0 amide bonds. The molecule has 0 bridgehead atoms. The minimum absolute atomic E-state index is 0.134. The maximum absolute atomic E-state index is 11.8. The van der Waals surface area contributed by atoms with Crippen molar-refractivity contribution in [3.8, 4) is 0 Å². The van der Waals surface area contributed by atoms with Gasteiger partial charge in [0.2, 0.25) is 6.10 Å². The van der Waals surface area contributed by atoms with Gasteiger partial charge in [0.15, 0.2) is 18.3 Å². The number of methoxy groups -OCH3 is 1. The lowest BCUT2D eigenvalue weighted by atomic mass is 9.97. The van der Waals surface area contributed by atoms with E-state index in [-0.39, 0.29) is 5.76 Å². The van der Waals surface area contributed by atoms with E-state index in [2.05, 4.69) is 11.3 Å². The first-order chi connectivity index (χ1) is 10.7. The molecule has 0 aromatic carbocycles. The van der Waals surface area contributed by atoms with Crippen molar-refractivity contribution in [3.63, 3.8) is 0 Å². The summed E-state index contributed by atoms with van der Waals surface area (Å²) in [5.41, 5.74) is 0. The van der Waals surface area contributed by atoms with Crippen LogP contribution in [0, 0.1) is 0 Å². The van der Waals surface area contributed by atoms with Crippen molar-refractivity contribution in [2.45, 2.75) is 45.2 Å². The Bertz CT molecular complexity index is 524. The van der Waals surface area contributed by atoms with Crippen molar-refractivity contribution in [1.29, 1.82) is 0 Å². The Morgan fingerprint density at radius 3 is 1.83 bits per heavy atom. The van der Waals surface area contributed by atoms with E-state index in [1.54, 1.807) is 0 Å². The van der Waals surface area contributed by atoms with E-state index in [0.717, 1.165) is 27.9 Å². The topological polar surface area (TPSA) is 114 Å². The van der Waals surface area contributed by atoms with Crippen molar-refractivity contribution < 1.29 is 42.9 Å². The lowest BCUT2D eigenvalue weighted by Crippen LogP contribution is -2.58. The van der Waals surface area contributed by atoms with Crippen LogP contribution in [0.25, 0.3) is 0 Å². The smallest absolute Gasteiger partial charge is 0.351 e. The van der Waals surface area contributed by atoms with E-state index in [1.807, 2.05) is 0 Å². The van der Waals surface area contributed by atoms with Gasteiger partial charge in [-0.15, -0.1) is 0 Å². The van der Waals surface area contributed by atoms with Gasteiger partial charge in [-0.05, 0) is 0 Å². The number of esters is 4. The highest BCUT2D eigenvalue weighted by Crippen LogP contribution is 2.30. The van der Waals surface area contributed by atoms with Gasteiger partial charge in [-0.2, -0.15) is 0 Å². The second-order valence-corrected chi connectivity index (χ2v) is 4.71. The monoisotopic (exact) mass is 330 g/mol. The maximum Gasteiger partial charge on any atom is 0.351 e. The van der Waals surface area contributed by atoms with E-state index in [0.29, 0.717) is 0 Å². The summed E-state index contributed by atoms with van der Waals surface area (Å²) in [6.45, 7) is 6.89. The number of carbonyl (C=O) groups excluding carboxylic acids is 4. The van der Waals surface area contributed by atoms with Gasteiger partial charge >= 0.3 is 23.9 Å². The molecule has 0 aromatic rings. The van der Waals surface area contributed by atoms with Gasteiger partial charge in [0.25, 0.3) is 0 Å². The van der Waals surface area contributed by atoms with Gasteiger partial charge in [-0.25, -0.2) is 4.79 Å². The summed E-state index contributed by atoms with van der Waals surface area (Å²) < 4.78 is 24.9. The molecule has 1 aliphatic heterocycles. The van der Waals surface area contributed by atoms with E-state index < -0.39 is 48.3 Å². The zero-order valence-electron chi connectivity index (χ0n) is 13.2. The quantitative estimate of drug-likeness (QED) is 0.513. The van der Waals surface area contributed by atoms with Crippen LogP contribution in [0.3, 0.4) is 0 Å². The molecule has 0 aliphatic carbocycles. The van der Waals surface area contributed by atoms with Crippen LogP contribution in [0.4, 0.5) is 0 Å². The number of hydrogen-bond acceptors (Lipinski definition) is 9. The van der Waals surface area contributed by atoms with Gasteiger partial charge in [-0.1, -0.05) is 6.58 Å². The lowest BCUT2D eigenvalue weighted by Gasteiger charge is -2.40. The van der Waals surface area contributed by atoms with E-state index >= 15 is 0 Å². The molecule has 23 heavy (non-hydrogen) atoms. The molecule has 0 saturated carbocycles. The summed E-state index contributed by atoms with van der Waals surface area (Å²) in [6, 6.07) is 0. The van der Waals surface area contributed by atoms with Crippen molar-refractivity contribution in [2.75, 3.05) is 7.11 Å². The van der Waals surface area contributed by atoms with Gasteiger partial charge in [0.1, 0.15) is 5.76 Å². The summed E-state index contributed by atoms with van der Waals surface area (Å²) in [5.74, 6) is -3.18. The van der Waals surface area contributed by atoms with Crippen LogP contribution in [0.15, 0.2) is 12.3 Å². The zero-order chi connectivity index (χ0) is 17.7. The molecule has 9 heteroatoms. The fraction of sp³-hybridized carbons (Fsp3) is 0.571. The number of ether oxygens (including phenoxy) is 5. The Morgan fingerprint density at radius 1 is 0.913 bits per heavy atom. The molecule has 0 radical (unpaired) electrons. The largest absolute Gasteiger partial charge is 0.475 e. The van der Waals surface area contributed by atoms with E-state index in [1.165, 1.54) is 0 Å². The Morgan fingerprint density at radius 2 is 1.39 bits per heavy atom. The van der Waals surface area contributed by atoms with Crippen molar-refractivity contribution >= 4 is 23.9 Å². The standard InChI is InChI=1S/C14H18O9/c1-6-10(21-7(2)15)11(22-8(3)16)12(23-9(4)17)13(20-6)14(18)19-5/h10-13H,1H2,2-5H3/t10-,11+,12-,13-/m0/s1. The second kappa shape index (κ2) is 7.61. The number of hydrogen-bond donors (Lipinski definition) is 0. The fourth-order valence-electron chi connectivity index (χ4n) is 2.08. The second-order valence-electron chi connectivity index (χ2n) is 4.71. The van der Waals surface area contributed by atoms with Gasteiger partial charge < -0.3 is 23.7 Å².